The second-order valence-electron chi connectivity index (χ2n) is 6.32. The van der Waals surface area contributed by atoms with Gasteiger partial charge in [-0.1, -0.05) is 30.3 Å². The Labute approximate surface area is 153 Å². The van der Waals surface area contributed by atoms with Gasteiger partial charge in [0.2, 0.25) is 5.91 Å². The zero-order chi connectivity index (χ0) is 18.9. The molecule has 6 heteroatoms. The molecule has 0 bridgehead atoms. The van der Waals surface area contributed by atoms with Crippen LogP contribution in [0.25, 0.3) is 16.8 Å². The first kappa shape index (κ1) is 17.9. The van der Waals surface area contributed by atoms with Crippen LogP contribution in [-0.4, -0.2) is 25.1 Å². The smallest absolute Gasteiger partial charge is 0.221 e. The van der Waals surface area contributed by atoms with Gasteiger partial charge in [0.05, 0.1) is 11.3 Å². The van der Waals surface area contributed by atoms with Crippen LogP contribution in [0.2, 0.25) is 0 Å². The van der Waals surface area contributed by atoms with E-state index in [9.17, 15) is 13.2 Å². The van der Waals surface area contributed by atoms with Crippen LogP contribution in [0.5, 0.6) is 0 Å². The second kappa shape index (κ2) is 6.80. The van der Waals surface area contributed by atoms with Gasteiger partial charge in [0.25, 0.3) is 0 Å². The molecule has 0 fully saturated rings. The minimum atomic E-state index is -3.38. The van der Waals surface area contributed by atoms with Crippen molar-refractivity contribution in [3.8, 4) is 16.8 Å². The van der Waals surface area contributed by atoms with Gasteiger partial charge >= 0.3 is 0 Å². The Morgan fingerprint density at radius 2 is 1.81 bits per heavy atom. The molecule has 2 aromatic carbocycles. The van der Waals surface area contributed by atoms with Gasteiger partial charge in [-0.15, -0.1) is 0 Å². The molecule has 0 spiro atoms. The molecule has 1 amide bonds. The van der Waals surface area contributed by atoms with E-state index in [1.165, 1.54) is 6.26 Å². The first-order valence-electron chi connectivity index (χ1n) is 8.11. The molecule has 3 aromatic rings. The quantitative estimate of drug-likeness (QED) is 0.752. The van der Waals surface area contributed by atoms with Crippen molar-refractivity contribution < 1.29 is 13.2 Å². The highest BCUT2D eigenvalue weighted by Gasteiger charge is 2.16. The Bertz CT molecular complexity index is 1070. The highest BCUT2D eigenvalue weighted by atomic mass is 32.2. The molecule has 0 radical (unpaired) electrons. The third-order valence-corrected chi connectivity index (χ3v) is 5.37. The van der Waals surface area contributed by atoms with Gasteiger partial charge < -0.3 is 10.3 Å². The Kier molecular flexibility index (Phi) is 4.70. The van der Waals surface area contributed by atoms with E-state index in [-0.39, 0.29) is 11.3 Å². The van der Waals surface area contributed by atoms with Gasteiger partial charge in [0.15, 0.2) is 9.84 Å². The van der Waals surface area contributed by atoms with Crippen LogP contribution in [0.3, 0.4) is 0 Å². The zero-order valence-electron chi connectivity index (χ0n) is 14.6. The highest BCUT2D eigenvalue weighted by Crippen LogP contribution is 2.31. The molecule has 0 aliphatic heterocycles. The number of nitrogens with two attached hydrogens (primary N) is 1. The molecule has 1 aromatic heterocycles. The number of benzene rings is 2. The number of rotatable bonds is 5. The summed E-state index contributed by atoms with van der Waals surface area (Å²) in [6.07, 6.45) is 4.95. The van der Waals surface area contributed by atoms with E-state index in [4.69, 9.17) is 5.73 Å². The minimum absolute atomic E-state index is 0.142. The summed E-state index contributed by atoms with van der Waals surface area (Å²) in [4.78, 5) is 11.4. The summed E-state index contributed by atoms with van der Waals surface area (Å²) in [5.41, 5.74) is 9.54. The van der Waals surface area contributed by atoms with Crippen LogP contribution in [0.15, 0.2) is 65.8 Å². The lowest BCUT2D eigenvalue weighted by atomic mass is 9.99. The molecule has 0 saturated heterocycles. The summed E-state index contributed by atoms with van der Waals surface area (Å²) in [6, 6.07) is 14.8. The standard InChI is InChI=1S/C20H20N2O3S/c1-14-18(16-6-4-3-5-7-16)11-17(26(2,24)25)12-19(14)22-9-8-15(13-22)10-20(21)23/h3-9,11-13H,10H2,1-2H3,(H2,21,23). The molecule has 0 unspecified atom stereocenters. The summed E-state index contributed by atoms with van der Waals surface area (Å²) < 4.78 is 26.2. The van der Waals surface area contributed by atoms with Crippen LogP contribution in [-0.2, 0) is 21.1 Å². The average Bonchev–Trinajstić information content (AvgIpc) is 3.02. The molecule has 134 valence electrons. The number of primary amides is 1. The molecule has 26 heavy (non-hydrogen) atoms. The zero-order valence-corrected chi connectivity index (χ0v) is 15.5. The lowest BCUT2D eigenvalue weighted by Gasteiger charge is -2.15. The number of hydrogen-bond acceptors (Lipinski definition) is 3. The number of amides is 1. The molecule has 0 aliphatic rings. The molecule has 0 saturated carbocycles. The number of carbonyl (C=O) groups excluding carboxylic acids is 1. The Morgan fingerprint density at radius 3 is 2.42 bits per heavy atom. The molecule has 5 nitrogen and oxygen atoms in total. The van der Waals surface area contributed by atoms with Crippen molar-refractivity contribution in [2.45, 2.75) is 18.2 Å². The fourth-order valence-corrected chi connectivity index (χ4v) is 3.63. The molecule has 0 atom stereocenters. The van der Waals surface area contributed by atoms with Crippen molar-refractivity contribution in [3.05, 3.63) is 72.1 Å². The van der Waals surface area contributed by atoms with Crippen molar-refractivity contribution >= 4 is 15.7 Å². The normalized spacial score (nSPS) is 11.5. The maximum Gasteiger partial charge on any atom is 0.221 e. The van der Waals surface area contributed by atoms with Crippen LogP contribution in [0.4, 0.5) is 0 Å². The van der Waals surface area contributed by atoms with Crippen molar-refractivity contribution in [1.29, 1.82) is 0 Å². The first-order valence-corrected chi connectivity index (χ1v) is 10.0. The molecular formula is C20H20N2O3S. The van der Waals surface area contributed by atoms with E-state index in [1.807, 2.05) is 41.8 Å². The number of hydrogen-bond donors (Lipinski definition) is 1. The number of sulfone groups is 1. The van der Waals surface area contributed by atoms with E-state index in [1.54, 1.807) is 30.6 Å². The monoisotopic (exact) mass is 368 g/mol. The predicted octanol–water partition coefficient (Wildman–Crippen LogP) is 2.88. The van der Waals surface area contributed by atoms with E-state index < -0.39 is 15.7 Å². The van der Waals surface area contributed by atoms with Gasteiger partial charge in [-0.25, -0.2) is 8.42 Å². The topological polar surface area (TPSA) is 82.2 Å². The van der Waals surface area contributed by atoms with E-state index in [0.29, 0.717) is 0 Å². The maximum absolute atomic E-state index is 12.2. The van der Waals surface area contributed by atoms with Crippen LogP contribution in [0.1, 0.15) is 11.1 Å². The van der Waals surface area contributed by atoms with E-state index in [2.05, 4.69) is 0 Å². The third-order valence-electron chi connectivity index (χ3n) is 4.28. The fourth-order valence-electron chi connectivity index (χ4n) is 2.97. The second-order valence-corrected chi connectivity index (χ2v) is 8.34. The predicted molar refractivity (Wildman–Crippen MR) is 102 cm³/mol. The molecule has 2 N–H and O–H groups in total. The number of aromatic nitrogens is 1. The van der Waals surface area contributed by atoms with Crippen LogP contribution < -0.4 is 5.73 Å². The van der Waals surface area contributed by atoms with E-state index in [0.717, 1.165) is 27.9 Å². The van der Waals surface area contributed by atoms with Crippen molar-refractivity contribution in [2.75, 3.05) is 6.26 Å². The maximum atomic E-state index is 12.2. The fraction of sp³-hybridized carbons (Fsp3) is 0.150. The van der Waals surface area contributed by atoms with Gasteiger partial charge in [-0.2, -0.15) is 0 Å². The number of carbonyl (C=O) groups is 1. The largest absolute Gasteiger partial charge is 0.369 e. The van der Waals surface area contributed by atoms with Gasteiger partial charge in [0.1, 0.15) is 0 Å². The summed E-state index contributed by atoms with van der Waals surface area (Å²) in [7, 11) is -3.38. The summed E-state index contributed by atoms with van der Waals surface area (Å²) in [5, 5.41) is 0. The SMILES string of the molecule is Cc1c(-c2ccccc2)cc(S(C)(=O)=O)cc1-n1ccc(CC(N)=O)c1. The third kappa shape index (κ3) is 3.70. The molecule has 3 rings (SSSR count). The van der Waals surface area contributed by atoms with Crippen molar-refractivity contribution in [1.82, 2.24) is 4.57 Å². The summed E-state index contributed by atoms with van der Waals surface area (Å²) in [5.74, 6) is -0.408. The highest BCUT2D eigenvalue weighted by molar-refractivity contribution is 7.90. The summed E-state index contributed by atoms with van der Waals surface area (Å²) >= 11 is 0. The Balaban J connectivity index is 2.21. The van der Waals surface area contributed by atoms with Crippen LogP contribution >= 0.6 is 0 Å². The lowest BCUT2D eigenvalue weighted by molar-refractivity contribution is -0.117. The molecule has 1 heterocycles. The van der Waals surface area contributed by atoms with Gasteiger partial charge in [-0.05, 0) is 47.4 Å². The van der Waals surface area contributed by atoms with Crippen molar-refractivity contribution in [2.24, 2.45) is 5.73 Å². The molecular weight excluding hydrogens is 348 g/mol. The number of nitrogens with zero attached hydrogens (tertiary/aromatic N) is 1. The Morgan fingerprint density at radius 1 is 1.12 bits per heavy atom. The first-order chi connectivity index (χ1) is 12.3. The van der Waals surface area contributed by atoms with E-state index >= 15 is 0 Å². The lowest BCUT2D eigenvalue weighted by Crippen LogP contribution is -2.13. The van der Waals surface area contributed by atoms with Gasteiger partial charge in [0, 0.05) is 24.3 Å². The summed E-state index contributed by atoms with van der Waals surface area (Å²) in [6.45, 7) is 1.96. The molecule has 0 aliphatic carbocycles. The van der Waals surface area contributed by atoms with Crippen LogP contribution in [0, 0.1) is 6.92 Å². The average molecular weight is 368 g/mol. The minimum Gasteiger partial charge on any atom is -0.369 e. The Hall–Kier alpha value is -2.86. The van der Waals surface area contributed by atoms with Gasteiger partial charge in [-0.3, -0.25) is 4.79 Å². The van der Waals surface area contributed by atoms with Crippen molar-refractivity contribution in [3.63, 3.8) is 0 Å².